The zero-order valence-corrected chi connectivity index (χ0v) is 12.7. The molecular weight excluding hydrogens is 270 g/mol. The smallest absolute Gasteiger partial charge is 0.323 e. The van der Waals surface area contributed by atoms with E-state index in [0.29, 0.717) is 26.3 Å². The van der Waals surface area contributed by atoms with Crippen LogP contribution in [0.1, 0.15) is 17.5 Å². The molecule has 1 aromatic rings. The third kappa shape index (κ3) is 4.44. The second-order valence-corrected chi connectivity index (χ2v) is 5.41. The van der Waals surface area contributed by atoms with Crippen molar-refractivity contribution in [3.8, 4) is 5.75 Å². The first-order valence-corrected chi connectivity index (χ1v) is 7.32. The normalized spacial score (nSPS) is 19.4. The minimum Gasteiger partial charge on any atom is -0.494 e. The maximum Gasteiger partial charge on any atom is 0.323 e. The van der Waals surface area contributed by atoms with E-state index in [2.05, 4.69) is 13.8 Å². The SMILES string of the molecule is Cc1ccc(OCCCN2CCOCC2C(=O)O)cc1C. The van der Waals surface area contributed by atoms with Gasteiger partial charge in [0, 0.05) is 13.1 Å². The van der Waals surface area contributed by atoms with Crippen LogP contribution in [0.4, 0.5) is 0 Å². The molecule has 0 saturated carbocycles. The van der Waals surface area contributed by atoms with Gasteiger partial charge in [-0.15, -0.1) is 0 Å². The number of aryl methyl sites for hydroxylation is 2. The summed E-state index contributed by atoms with van der Waals surface area (Å²) in [5.41, 5.74) is 2.46. The van der Waals surface area contributed by atoms with Crippen molar-refractivity contribution in [2.75, 3.05) is 32.9 Å². The minimum absolute atomic E-state index is 0.271. The van der Waals surface area contributed by atoms with Gasteiger partial charge in [0.15, 0.2) is 0 Å². The molecule has 1 aliphatic rings. The molecule has 1 saturated heterocycles. The lowest BCUT2D eigenvalue weighted by molar-refractivity contribution is -0.149. The Morgan fingerprint density at radius 1 is 1.43 bits per heavy atom. The van der Waals surface area contributed by atoms with Crippen LogP contribution in [0.25, 0.3) is 0 Å². The molecule has 21 heavy (non-hydrogen) atoms. The summed E-state index contributed by atoms with van der Waals surface area (Å²) in [6.07, 6.45) is 0.802. The summed E-state index contributed by atoms with van der Waals surface area (Å²) in [6.45, 7) is 6.98. The van der Waals surface area contributed by atoms with Crippen molar-refractivity contribution in [2.45, 2.75) is 26.3 Å². The molecule has 1 heterocycles. The van der Waals surface area contributed by atoms with Gasteiger partial charge in [0.05, 0.1) is 19.8 Å². The number of rotatable bonds is 6. The summed E-state index contributed by atoms with van der Waals surface area (Å²) >= 11 is 0. The number of hydrogen-bond acceptors (Lipinski definition) is 4. The van der Waals surface area contributed by atoms with Crippen LogP contribution in [0.2, 0.25) is 0 Å². The van der Waals surface area contributed by atoms with Crippen molar-refractivity contribution in [2.24, 2.45) is 0 Å². The Bertz CT molecular complexity index is 489. The largest absolute Gasteiger partial charge is 0.494 e. The highest BCUT2D eigenvalue weighted by molar-refractivity contribution is 5.73. The molecule has 0 bridgehead atoms. The number of carbonyl (C=O) groups is 1. The molecule has 5 nitrogen and oxygen atoms in total. The summed E-state index contributed by atoms with van der Waals surface area (Å²) in [4.78, 5) is 13.1. The fraction of sp³-hybridized carbons (Fsp3) is 0.562. The Hall–Kier alpha value is -1.59. The Morgan fingerprint density at radius 2 is 2.24 bits per heavy atom. The highest BCUT2D eigenvalue weighted by Crippen LogP contribution is 2.16. The number of carboxylic acid groups (broad SMARTS) is 1. The minimum atomic E-state index is -0.815. The van der Waals surface area contributed by atoms with E-state index in [9.17, 15) is 4.79 Å². The van der Waals surface area contributed by atoms with Crippen LogP contribution in [-0.4, -0.2) is 54.9 Å². The van der Waals surface area contributed by atoms with Crippen molar-refractivity contribution in [3.05, 3.63) is 29.3 Å². The van der Waals surface area contributed by atoms with E-state index in [1.165, 1.54) is 11.1 Å². The van der Waals surface area contributed by atoms with Crippen LogP contribution in [-0.2, 0) is 9.53 Å². The third-order valence-electron chi connectivity index (χ3n) is 3.86. The number of hydrogen-bond donors (Lipinski definition) is 1. The first kappa shape index (κ1) is 15.8. The Balaban J connectivity index is 1.75. The molecule has 0 amide bonds. The fourth-order valence-electron chi connectivity index (χ4n) is 2.39. The van der Waals surface area contributed by atoms with E-state index in [1.807, 2.05) is 23.1 Å². The summed E-state index contributed by atoms with van der Waals surface area (Å²) in [6, 6.07) is 5.52. The summed E-state index contributed by atoms with van der Waals surface area (Å²) in [7, 11) is 0. The molecule has 116 valence electrons. The van der Waals surface area contributed by atoms with Gasteiger partial charge in [0.25, 0.3) is 0 Å². The van der Waals surface area contributed by atoms with E-state index in [1.54, 1.807) is 0 Å². The number of ether oxygens (including phenoxy) is 2. The lowest BCUT2D eigenvalue weighted by Gasteiger charge is -2.32. The quantitative estimate of drug-likeness (QED) is 0.811. The standard InChI is InChI=1S/C16H23NO4/c1-12-4-5-14(10-13(12)2)21-8-3-6-17-7-9-20-11-15(17)16(18)19/h4-5,10,15H,3,6-9,11H2,1-2H3,(H,18,19). The van der Waals surface area contributed by atoms with Crippen LogP contribution in [0.5, 0.6) is 5.75 Å². The first-order valence-electron chi connectivity index (χ1n) is 7.32. The average Bonchev–Trinajstić information content (AvgIpc) is 2.47. The molecule has 0 spiro atoms. The van der Waals surface area contributed by atoms with Gasteiger partial charge >= 0.3 is 5.97 Å². The zero-order chi connectivity index (χ0) is 15.2. The fourth-order valence-corrected chi connectivity index (χ4v) is 2.39. The highest BCUT2D eigenvalue weighted by atomic mass is 16.5. The van der Waals surface area contributed by atoms with Gasteiger partial charge < -0.3 is 14.6 Å². The molecule has 0 radical (unpaired) electrons. The van der Waals surface area contributed by atoms with E-state index >= 15 is 0 Å². The number of morpholine rings is 1. The second kappa shape index (κ2) is 7.43. The van der Waals surface area contributed by atoms with E-state index < -0.39 is 12.0 Å². The van der Waals surface area contributed by atoms with Gasteiger partial charge in [-0.25, -0.2) is 0 Å². The predicted octanol–water partition coefficient (Wildman–Crippen LogP) is 1.86. The van der Waals surface area contributed by atoms with Crippen LogP contribution in [0, 0.1) is 13.8 Å². The molecule has 1 fully saturated rings. The molecule has 1 atom stereocenters. The van der Waals surface area contributed by atoms with Gasteiger partial charge in [0.1, 0.15) is 11.8 Å². The molecule has 1 aromatic carbocycles. The second-order valence-electron chi connectivity index (χ2n) is 5.41. The average molecular weight is 293 g/mol. The summed E-state index contributed by atoms with van der Waals surface area (Å²) < 4.78 is 10.9. The van der Waals surface area contributed by atoms with Crippen molar-refractivity contribution in [1.29, 1.82) is 0 Å². The maximum absolute atomic E-state index is 11.1. The maximum atomic E-state index is 11.1. The van der Waals surface area contributed by atoms with E-state index in [4.69, 9.17) is 14.6 Å². The molecule has 0 aromatic heterocycles. The summed E-state index contributed by atoms with van der Waals surface area (Å²) in [5.74, 6) is 0.0552. The number of carboxylic acids is 1. The topological polar surface area (TPSA) is 59.0 Å². The monoisotopic (exact) mass is 293 g/mol. The molecule has 1 N–H and O–H groups in total. The lowest BCUT2D eigenvalue weighted by atomic mass is 10.1. The predicted molar refractivity (Wildman–Crippen MR) is 79.8 cm³/mol. The molecule has 0 aliphatic carbocycles. The van der Waals surface area contributed by atoms with E-state index in [-0.39, 0.29) is 6.61 Å². The van der Waals surface area contributed by atoms with Crippen molar-refractivity contribution in [3.63, 3.8) is 0 Å². The Labute approximate surface area is 125 Å². The van der Waals surface area contributed by atoms with Gasteiger partial charge in [-0.1, -0.05) is 6.07 Å². The molecule has 2 rings (SSSR count). The third-order valence-corrected chi connectivity index (χ3v) is 3.86. The number of aliphatic carboxylic acids is 1. The number of nitrogens with zero attached hydrogens (tertiary/aromatic N) is 1. The molecule has 1 aliphatic heterocycles. The van der Waals surface area contributed by atoms with Gasteiger partial charge in [-0.05, 0) is 43.5 Å². The van der Waals surface area contributed by atoms with Crippen LogP contribution >= 0.6 is 0 Å². The molecular formula is C16H23NO4. The molecule has 1 unspecified atom stereocenters. The zero-order valence-electron chi connectivity index (χ0n) is 12.7. The van der Waals surface area contributed by atoms with E-state index in [0.717, 1.165) is 12.2 Å². The first-order chi connectivity index (χ1) is 10.1. The number of benzene rings is 1. The van der Waals surface area contributed by atoms with Gasteiger partial charge in [-0.2, -0.15) is 0 Å². The Kier molecular flexibility index (Phi) is 5.59. The van der Waals surface area contributed by atoms with Gasteiger partial charge in [0.2, 0.25) is 0 Å². The van der Waals surface area contributed by atoms with Crippen molar-refractivity contribution < 1.29 is 19.4 Å². The van der Waals surface area contributed by atoms with Crippen LogP contribution in [0.15, 0.2) is 18.2 Å². The van der Waals surface area contributed by atoms with Gasteiger partial charge in [-0.3, -0.25) is 9.69 Å². The molecule has 5 heteroatoms. The summed E-state index contributed by atoms with van der Waals surface area (Å²) in [5, 5.41) is 9.15. The Morgan fingerprint density at radius 3 is 2.95 bits per heavy atom. The van der Waals surface area contributed by atoms with Crippen LogP contribution in [0.3, 0.4) is 0 Å². The van der Waals surface area contributed by atoms with Crippen molar-refractivity contribution in [1.82, 2.24) is 4.90 Å². The van der Waals surface area contributed by atoms with Crippen molar-refractivity contribution >= 4 is 5.97 Å². The highest BCUT2D eigenvalue weighted by Gasteiger charge is 2.28. The lowest BCUT2D eigenvalue weighted by Crippen LogP contribution is -2.50. The van der Waals surface area contributed by atoms with Crippen LogP contribution < -0.4 is 4.74 Å².